The number of ether oxygens (including phenoxy) is 1. The number of rotatable bonds is 6. The number of benzene rings is 2. The molecule has 1 saturated heterocycles. The van der Waals surface area contributed by atoms with Crippen LogP contribution >= 0.6 is 0 Å². The van der Waals surface area contributed by atoms with Crippen molar-refractivity contribution in [1.82, 2.24) is 5.32 Å². The molecular weight excluding hydrogens is 446 g/mol. The Morgan fingerprint density at radius 1 is 1.03 bits per heavy atom. The Morgan fingerprint density at radius 2 is 1.70 bits per heavy atom. The third-order valence-electron chi connectivity index (χ3n) is 5.69. The summed E-state index contributed by atoms with van der Waals surface area (Å²) in [4.78, 5) is 1.98. The summed E-state index contributed by atoms with van der Waals surface area (Å²) in [7, 11) is 0. The summed E-state index contributed by atoms with van der Waals surface area (Å²) in [6.45, 7) is 4.65. The van der Waals surface area contributed by atoms with Gasteiger partial charge in [0.1, 0.15) is 0 Å². The van der Waals surface area contributed by atoms with Gasteiger partial charge in [-0.05, 0) is 37.1 Å². The average molecular weight is 472 g/mol. The largest absolute Gasteiger partial charge is 0.430 e. The van der Waals surface area contributed by atoms with Gasteiger partial charge in [0.15, 0.2) is 0 Å². The van der Waals surface area contributed by atoms with Gasteiger partial charge in [-0.15, -0.1) is 0 Å². The molecule has 1 fully saturated rings. The molecule has 0 aromatic heterocycles. The Bertz CT molecular complexity index is 942. The van der Waals surface area contributed by atoms with Gasteiger partial charge < -0.3 is 15.0 Å². The number of alkyl halides is 6. The topological polar surface area (TPSA) is 24.5 Å². The third-order valence-corrected chi connectivity index (χ3v) is 5.69. The Labute approximate surface area is 189 Å². The van der Waals surface area contributed by atoms with Crippen LogP contribution in [0.4, 0.5) is 32.0 Å². The van der Waals surface area contributed by atoms with Gasteiger partial charge in [-0.2, -0.15) is 26.3 Å². The van der Waals surface area contributed by atoms with Crippen LogP contribution in [0.5, 0.6) is 0 Å². The summed E-state index contributed by atoms with van der Waals surface area (Å²) in [5, 5.41) is 3.22. The average Bonchev–Trinajstić information content (AvgIpc) is 2.74. The standard InChI is InChI=1S/C24H26F6N2O/c1-3-7-19-14-20(10-11-21(19)32-13-12-31-15-17(32)2)22(23(25,26)27,24(28,29)30)33-16-18-8-5-4-6-9-18/h3-11,14,17,31H,12-13,15-16H2,1-2H3. The molecule has 3 rings (SSSR count). The summed E-state index contributed by atoms with van der Waals surface area (Å²) in [6.07, 6.45) is -8.38. The minimum Gasteiger partial charge on any atom is -0.366 e. The second kappa shape index (κ2) is 9.77. The van der Waals surface area contributed by atoms with E-state index in [1.807, 2.05) is 11.8 Å². The monoisotopic (exact) mass is 472 g/mol. The van der Waals surface area contributed by atoms with E-state index in [-0.39, 0.29) is 17.2 Å². The third kappa shape index (κ3) is 5.04. The van der Waals surface area contributed by atoms with Crippen molar-refractivity contribution in [2.45, 2.75) is 44.4 Å². The van der Waals surface area contributed by atoms with Gasteiger partial charge in [0, 0.05) is 36.9 Å². The lowest BCUT2D eigenvalue weighted by molar-refractivity contribution is -0.392. The van der Waals surface area contributed by atoms with E-state index >= 15 is 0 Å². The van der Waals surface area contributed by atoms with Gasteiger partial charge in [0.05, 0.1) is 6.61 Å². The first kappa shape index (κ1) is 25.1. The maximum Gasteiger partial charge on any atom is 0.430 e. The molecule has 1 aliphatic heterocycles. The fourth-order valence-corrected chi connectivity index (χ4v) is 4.05. The van der Waals surface area contributed by atoms with Crippen LogP contribution in [0.2, 0.25) is 0 Å². The summed E-state index contributed by atoms with van der Waals surface area (Å²) in [6, 6.07) is 10.7. The van der Waals surface area contributed by atoms with E-state index in [4.69, 9.17) is 4.74 Å². The highest BCUT2D eigenvalue weighted by Gasteiger charge is 2.73. The molecule has 0 radical (unpaired) electrons. The number of hydrogen-bond donors (Lipinski definition) is 1. The van der Waals surface area contributed by atoms with E-state index in [1.165, 1.54) is 36.4 Å². The maximum atomic E-state index is 14.2. The van der Waals surface area contributed by atoms with E-state index in [9.17, 15) is 26.3 Å². The fourth-order valence-electron chi connectivity index (χ4n) is 4.05. The van der Waals surface area contributed by atoms with Crippen molar-refractivity contribution in [3.8, 4) is 0 Å². The molecule has 3 nitrogen and oxygen atoms in total. The zero-order valence-corrected chi connectivity index (χ0v) is 18.3. The molecular formula is C24H26F6N2O. The van der Waals surface area contributed by atoms with Crippen molar-refractivity contribution in [3.05, 3.63) is 71.3 Å². The van der Waals surface area contributed by atoms with Crippen LogP contribution in [-0.4, -0.2) is 38.0 Å². The number of piperazine rings is 1. The lowest BCUT2D eigenvalue weighted by Gasteiger charge is -2.39. The van der Waals surface area contributed by atoms with Gasteiger partial charge in [-0.3, -0.25) is 0 Å². The molecule has 0 bridgehead atoms. The van der Waals surface area contributed by atoms with Crippen molar-refractivity contribution in [2.24, 2.45) is 0 Å². The smallest absolute Gasteiger partial charge is 0.366 e. The number of anilines is 1. The predicted molar refractivity (Wildman–Crippen MR) is 116 cm³/mol. The number of halogens is 6. The molecule has 180 valence electrons. The number of nitrogens with one attached hydrogen (secondary N) is 1. The number of hydrogen-bond acceptors (Lipinski definition) is 3. The lowest BCUT2D eigenvalue weighted by atomic mass is 9.89. The predicted octanol–water partition coefficient (Wildman–Crippen LogP) is 6.05. The Hall–Kier alpha value is -2.52. The van der Waals surface area contributed by atoms with Gasteiger partial charge in [-0.1, -0.05) is 48.6 Å². The van der Waals surface area contributed by atoms with Crippen LogP contribution in [0.3, 0.4) is 0 Å². The molecule has 1 unspecified atom stereocenters. The highest BCUT2D eigenvalue weighted by Crippen LogP contribution is 2.54. The zero-order valence-electron chi connectivity index (χ0n) is 18.3. The Kier molecular flexibility index (Phi) is 7.43. The molecule has 1 atom stereocenters. The van der Waals surface area contributed by atoms with Gasteiger partial charge in [-0.25, -0.2) is 0 Å². The van der Waals surface area contributed by atoms with E-state index in [0.29, 0.717) is 25.3 Å². The second-order valence-corrected chi connectivity index (χ2v) is 7.97. The molecule has 0 spiro atoms. The molecule has 0 saturated carbocycles. The van der Waals surface area contributed by atoms with Crippen molar-refractivity contribution in [3.63, 3.8) is 0 Å². The highest BCUT2D eigenvalue weighted by molar-refractivity contribution is 5.69. The first-order chi connectivity index (χ1) is 15.5. The first-order valence-corrected chi connectivity index (χ1v) is 10.6. The highest BCUT2D eigenvalue weighted by atomic mass is 19.4. The fraction of sp³-hybridized carbons (Fsp3) is 0.417. The van der Waals surface area contributed by atoms with E-state index in [0.717, 1.165) is 12.1 Å². The van der Waals surface area contributed by atoms with Crippen molar-refractivity contribution < 1.29 is 31.1 Å². The summed E-state index contributed by atoms with van der Waals surface area (Å²) in [5.74, 6) is 0. The lowest BCUT2D eigenvalue weighted by Crippen LogP contribution is -2.56. The van der Waals surface area contributed by atoms with E-state index < -0.39 is 30.1 Å². The van der Waals surface area contributed by atoms with Gasteiger partial charge in [0.2, 0.25) is 0 Å². The summed E-state index contributed by atoms with van der Waals surface area (Å²) in [5.41, 5.74) is -4.43. The number of nitrogens with zero attached hydrogens (tertiary/aromatic N) is 1. The van der Waals surface area contributed by atoms with Gasteiger partial charge >= 0.3 is 12.4 Å². The second-order valence-electron chi connectivity index (χ2n) is 7.97. The van der Waals surface area contributed by atoms with Crippen molar-refractivity contribution in [1.29, 1.82) is 0 Å². The molecule has 2 aromatic rings. The maximum absolute atomic E-state index is 14.2. The zero-order chi connectivity index (χ0) is 24.3. The van der Waals surface area contributed by atoms with E-state index in [2.05, 4.69) is 5.32 Å². The molecule has 1 heterocycles. The molecule has 2 aromatic carbocycles. The van der Waals surface area contributed by atoms with Crippen LogP contribution < -0.4 is 10.2 Å². The quantitative estimate of drug-likeness (QED) is 0.518. The minimum atomic E-state index is -5.74. The molecule has 1 aliphatic rings. The number of allylic oxidation sites excluding steroid dienone is 1. The van der Waals surface area contributed by atoms with Crippen LogP contribution in [0, 0.1) is 0 Å². The molecule has 1 N–H and O–H groups in total. The molecule has 9 heteroatoms. The van der Waals surface area contributed by atoms with Crippen molar-refractivity contribution in [2.75, 3.05) is 24.5 Å². The Balaban J connectivity index is 2.13. The van der Waals surface area contributed by atoms with Crippen molar-refractivity contribution >= 4 is 11.8 Å². The summed E-state index contributed by atoms with van der Waals surface area (Å²) >= 11 is 0. The van der Waals surface area contributed by atoms with Crippen LogP contribution in [0.1, 0.15) is 30.5 Å². The molecule has 0 aliphatic carbocycles. The van der Waals surface area contributed by atoms with Crippen LogP contribution in [0.15, 0.2) is 54.6 Å². The molecule has 33 heavy (non-hydrogen) atoms. The van der Waals surface area contributed by atoms with Crippen LogP contribution in [-0.2, 0) is 16.9 Å². The molecule has 0 amide bonds. The Morgan fingerprint density at radius 3 is 2.27 bits per heavy atom. The SMILES string of the molecule is CC=Cc1cc(C(OCc2ccccc2)(C(F)(F)F)C(F)(F)F)ccc1N1CCNCC1C. The normalized spacial score (nSPS) is 18.2. The first-order valence-electron chi connectivity index (χ1n) is 10.6. The minimum absolute atomic E-state index is 0.0259. The van der Waals surface area contributed by atoms with E-state index in [1.54, 1.807) is 19.1 Å². The van der Waals surface area contributed by atoms with Crippen LogP contribution in [0.25, 0.3) is 6.08 Å². The van der Waals surface area contributed by atoms with Gasteiger partial charge in [0.25, 0.3) is 5.60 Å². The summed E-state index contributed by atoms with van der Waals surface area (Å²) < 4.78 is 90.0.